The van der Waals surface area contributed by atoms with Gasteiger partial charge in [0.2, 0.25) is 6.41 Å². The number of ether oxygens (including phenoxy) is 3. The van der Waals surface area contributed by atoms with E-state index in [1.54, 1.807) is 6.33 Å². The molecule has 200 valence electrons. The van der Waals surface area contributed by atoms with Crippen molar-refractivity contribution >= 4 is 17.3 Å². The van der Waals surface area contributed by atoms with Gasteiger partial charge in [-0.25, -0.2) is 9.97 Å². The highest BCUT2D eigenvalue weighted by molar-refractivity contribution is 5.71. The molecule has 10 heteroatoms. The number of nitrogens with one attached hydrogen (secondary N) is 1. The van der Waals surface area contributed by atoms with Crippen molar-refractivity contribution in [1.82, 2.24) is 19.8 Å². The summed E-state index contributed by atoms with van der Waals surface area (Å²) in [5, 5.41) is 13.9. The van der Waals surface area contributed by atoms with Crippen molar-refractivity contribution in [3.8, 4) is 5.75 Å². The molecule has 1 unspecified atom stereocenters. The van der Waals surface area contributed by atoms with Gasteiger partial charge < -0.3 is 29.5 Å². The van der Waals surface area contributed by atoms with E-state index >= 15 is 0 Å². The highest BCUT2D eigenvalue weighted by Gasteiger charge is 2.40. The van der Waals surface area contributed by atoms with Gasteiger partial charge in [-0.1, -0.05) is 6.07 Å². The molecule has 0 amide bonds. The number of aliphatic hydroxyl groups excluding tert-OH is 1. The van der Waals surface area contributed by atoms with Crippen molar-refractivity contribution in [1.29, 1.82) is 0 Å². The topological polar surface area (TPSA) is 95.5 Å². The molecule has 0 spiro atoms. The second-order valence-electron chi connectivity index (χ2n) is 11.4. The van der Waals surface area contributed by atoms with Crippen LogP contribution in [0.25, 0.3) is 0 Å². The third kappa shape index (κ3) is 5.26. The first-order chi connectivity index (χ1) is 17.8. The number of aliphatic hydroxyl groups is 1. The van der Waals surface area contributed by atoms with Crippen LogP contribution in [-0.4, -0.2) is 95.4 Å². The van der Waals surface area contributed by atoms with E-state index in [0.717, 1.165) is 74.3 Å². The normalized spacial score (nSPS) is 23.9. The molecule has 3 fully saturated rings. The Morgan fingerprint density at radius 2 is 1.92 bits per heavy atom. The molecule has 1 aromatic heterocycles. The molecule has 37 heavy (non-hydrogen) atoms. The Bertz CT molecular complexity index is 1110. The molecule has 0 bridgehead atoms. The van der Waals surface area contributed by atoms with E-state index in [1.807, 2.05) is 25.7 Å². The Hall–Kier alpha value is -2.50. The maximum atomic E-state index is 10.3. The van der Waals surface area contributed by atoms with Crippen LogP contribution in [0, 0.1) is 0 Å². The number of hydrogen-bond acceptors (Lipinski definition) is 10. The molecule has 10 nitrogen and oxygen atoms in total. The summed E-state index contributed by atoms with van der Waals surface area (Å²) in [6, 6.07) is 6.98. The Kier molecular flexibility index (Phi) is 6.70. The number of anilines is 3. The maximum absolute atomic E-state index is 10.3. The first-order valence-electron chi connectivity index (χ1n) is 13.4. The van der Waals surface area contributed by atoms with Crippen molar-refractivity contribution < 1.29 is 19.3 Å². The zero-order chi connectivity index (χ0) is 25.6. The zero-order valence-electron chi connectivity index (χ0n) is 22.0. The maximum Gasteiger partial charge on any atom is 0.216 e. The Labute approximate surface area is 218 Å². The number of hydrogen-bond donors (Lipinski definition) is 2. The van der Waals surface area contributed by atoms with E-state index in [0.29, 0.717) is 31.8 Å². The molecule has 0 aliphatic carbocycles. The fraction of sp³-hybridized carbons (Fsp3) is 0.630. The summed E-state index contributed by atoms with van der Waals surface area (Å²) in [6.45, 7) is 13.2. The van der Waals surface area contributed by atoms with Gasteiger partial charge in [-0.2, -0.15) is 0 Å². The monoisotopic (exact) mass is 510 g/mol. The quantitative estimate of drug-likeness (QED) is 0.584. The van der Waals surface area contributed by atoms with E-state index in [-0.39, 0.29) is 5.60 Å². The minimum Gasteiger partial charge on any atom is -0.486 e. The number of rotatable bonds is 5. The summed E-state index contributed by atoms with van der Waals surface area (Å²) >= 11 is 0. The van der Waals surface area contributed by atoms with Crippen molar-refractivity contribution in [2.24, 2.45) is 0 Å². The van der Waals surface area contributed by atoms with Gasteiger partial charge in [0.1, 0.15) is 30.3 Å². The molecular weight excluding hydrogens is 472 g/mol. The molecule has 5 heterocycles. The van der Waals surface area contributed by atoms with Crippen LogP contribution in [0.2, 0.25) is 0 Å². The van der Waals surface area contributed by atoms with E-state index < -0.39 is 6.41 Å². The van der Waals surface area contributed by atoms with Gasteiger partial charge in [0.15, 0.2) is 0 Å². The minimum absolute atomic E-state index is 0.358. The van der Waals surface area contributed by atoms with Crippen LogP contribution < -0.4 is 15.0 Å². The van der Waals surface area contributed by atoms with Gasteiger partial charge in [-0.3, -0.25) is 9.80 Å². The molecule has 6 rings (SSSR count). The number of benzene rings is 1. The van der Waals surface area contributed by atoms with E-state index in [4.69, 9.17) is 14.2 Å². The predicted octanol–water partition coefficient (Wildman–Crippen LogP) is 2.51. The van der Waals surface area contributed by atoms with Crippen LogP contribution in [0.1, 0.15) is 44.2 Å². The van der Waals surface area contributed by atoms with Crippen LogP contribution in [0.5, 0.6) is 5.75 Å². The fourth-order valence-corrected chi connectivity index (χ4v) is 5.67. The third-order valence-electron chi connectivity index (χ3n) is 7.73. The van der Waals surface area contributed by atoms with Crippen LogP contribution in [-0.2, 0) is 16.1 Å². The average Bonchev–Trinajstić information content (AvgIpc) is 3.23. The van der Waals surface area contributed by atoms with Gasteiger partial charge in [0.25, 0.3) is 0 Å². The predicted molar refractivity (Wildman–Crippen MR) is 140 cm³/mol. The second kappa shape index (κ2) is 9.99. The molecule has 2 aromatic rings. The van der Waals surface area contributed by atoms with Crippen LogP contribution in [0.4, 0.5) is 17.3 Å². The summed E-state index contributed by atoms with van der Waals surface area (Å²) in [7, 11) is 0. The Morgan fingerprint density at radius 3 is 2.70 bits per heavy atom. The third-order valence-corrected chi connectivity index (χ3v) is 7.73. The summed E-state index contributed by atoms with van der Waals surface area (Å²) < 4.78 is 17.4. The van der Waals surface area contributed by atoms with Crippen molar-refractivity contribution in [3.63, 3.8) is 0 Å². The van der Waals surface area contributed by atoms with E-state index in [9.17, 15) is 5.11 Å². The number of morpholine rings is 1. The van der Waals surface area contributed by atoms with Crippen molar-refractivity contribution in [2.45, 2.75) is 57.8 Å². The number of fused-ring (bicyclic) bond motifs is 2. The minimum atomic E-state index is -0.833. The number of nitrogens with zero attached hydrogens (tertiary/aromatic N) is 5. The fourth-order valence-electron chi connectivity index (χ4n) is 5.67. The number of aromatic nitrogens is 2. The highest BCUT2D eigenvalue weighted by atomic mass is 16.6. The smallest absolute Gasteiger partial charge is 0.216 e. The Morgan fingerprint density at radius 1 is 1.11 bits per heavy atom. The molecule has 2 atom stereocenters. The lowest BCUT2D eigenvalue weighted by Gasteiger charge is -2.46. The second-order valence-corrected chi connectivity index (χ2v) is 11.4. The summed E-state index contributed by atoms with van der Waals surface area (Å²) in [4.78, 5) is 15.9. The van der Waals surface area contributed by atoms with Crippen LogP contribution in [0.15, 0.2) is 24.5 Å². The van der Waals surface area contributed by atoms with Crippen molar-refractivity contribution in [3.05, 3.63) is 35.7 Å². The lowest BCUT2D eigenvalue weighted by molar-refractivity contribution is -0.261. The molecule has 2 N–H and O–H groups in total. The molecule has 0 radical (unpaired) electrons. The Balaban J connectivity index is 1.11. The largest absolute Gasteiger partial charge is 0.486 e. The SMILES string of the molecule is CC(C)(C)OC(O)N1CC(N2CC[C@H](c3ccc4c(c3)Nc3ncnc(N5CCOCC5)c3CO4)C2)C1. The molecule has 0 saturated carbocycles. The number of likely N-dealkylation sites (tertiary alicyclic amines) is 2. The first kappa shape index (κ1) is 24.8. The van der Waals surface area contributed by atoms with Crippen molar-refractivity contribution in [2.75, 3.05) is 62.7 Å². The summed E-state index contributed by atoms with van der Waals surface area (Å²) in [6.07, 6.45) is 1.92. The average molecular weight is 511 g/mol. The van der Waals surface area contributed by atoms with Gasteiger partial charge in [0, 0.05) is 38.8 Å². The van der Waals surface area contributed by atoms with Crippen LogP contribution >= 0.6 is 0 Å². The first-order valence-corrected chi connectivity index (χ1v) is 13.4. The van der Waals surface area contributed by atoms with Gasteiger partial charge >= 0.3 is 0 Å². The van der Waals surface area contributed by atoms with E-state index in [1.165, 1.54) is 5.56 Å². The van der Waals surface area contributed by atoms with Gasteiger partial charge in [-0.15, -0.1) is 0 Å². The lowest BCUT2D eigenvalue weighted by atomic mass is 9.97. The molecule has 4 aliphatic heterocycles. The molecule has 4 aliphatic rings. The molecule has 3 saturated heterocycles. The van der Waals surface area contributed by atoms with Gasteiger partial charge in [-0.05, 0) is 57.4 Å². The van der Waals surface area contributed by atoms with Crippen LogP contribution in [0.3, 0.4) is 0 Å². The highest BCUT2D eigenvalue weighted by Crippen LogP contribution is 2.39. The standard InChI is InChI=1S/C27H38N6O4/c1-27(2,3)37-26(34)33-14-20(15-33)32-7-6-19(13-32)18-4-5-23-22(12-18)30-24-21(16-36-23)25(29-17-28-24)31-8-10-35-11-9-31/h4-5,12,17,19-20,26,34H,6-11,13-16H2,1-3H3,(H,28,29,30)/t19-,26?/m0/s1. The zero-order valence-corrected chi connectivity index (χ0v) is 22.0. The molecule has 1 aromatic carbocycles. The molecular formula is C27H38N6O4. The van der Waals surface area contributed by atoms with Gasteiger partial charge in [0.05, 0.1) is 30.1 Å². The summed E-state index contributed by atoms with van der Waals surface area (Å²) in [5.74, 6) is 3.04. The van der Waals surface area contributed by atoms with E-state index in [2.05, 4.69) is 43.3 Å². The summed E-state index contributed by atoms with van der Waals surface area (Å²) in [5.41, 5.74) is 2.90. The lowest BCUT2D eigenvalue weighted by Crippen LogP contribution is -2.62.